The van der Waals surface area contributed by atoms with E-state index >= 15 is 0 Å². The van der Waals surface area contributed by atoms with Crippen LogP contribution in [0.1, 0.15) is 52.0 Å². The highest BCUT2D eigenvalue weighted by Gasteiger charge is 2.31. The summed E-state index contributed by atoms with van der Waals surface area (Å²) in [6.07, 6.45) is 4.12. The molecule has 0 unspecified atom stereocenters. The Hall–Kier alpha value is -3.88. The van der Waals surface area contributed by atoms with Crippen LogP contribution in [0.15, 0.2) is 18.3 Å². The third kappa shape index (κ3) is 5.35. The number of methoxy groups -OCH3 is 1. The summed E-state index contributed by atoms with van der Waals surface area (Å²) < 4.78 is 5.08. The van der Waals surface area contributed by atoms with Crippen molar-refractivity contribution in [3.63, 3.8) is 0 Å². The second kappa shape index (κ2) is 11.2. The fourth-order valence-corrected chi connectivity index (χ4v) is 4.53. The molecular weight excluding hydrogens is 464 g/mol. The standard InChI is InChI=1S/C25H28N6O5/c1-36-9-3-5-16-11-22(27-13-19(16)12-26)29-25(35)31-7-2-4-17-10-18(20(15-32)28-23(17)31)14-30-8-6-21(33)24(30)34/h10-11,13,15,21,33H,2-9,14H2,1H3,(H,27,29,35)/t21-/m1/s1. The van der Waals surface area contributed by atoms with Gasteiger partial charge in [0.2, 0.25) is 0 Å². The van der Waals surface area contributed by atoms with Gasteiger partial charge in [0.25, 0.3) is 5.91 Å². The van der Waals surface area contributed by atoms with Gasteiger partial charge in [-0.1, -0.05) is 0 Å². The number of urea groups is 1. The van der Waals surface area contributed by atoms with Gasteiger partial charge in [0.05, 0.1) is 5.56 Å². The highest BCUT2D eigenvalue weighted by Crippen LogP contribution is 2.29. The van der Waals surface area contributed by atoms with Gasteiger partial charge in [0, 0.05) is 45.1 Å². The molecule has 188 valence electrons. The number of likely N-dealkylation sites (tertiary alicyclic amines) is 1. The third-order valence-corrected chi connectivity index (χ3v) is 6.40. The molecule has 0 radical (unpaired) electrons. The van der Waals surface area contributed by atoms with Crippen LogP contribution in [0.4, 0.5) is 16.4 Å². The molecule has 2 aromatic heterocycles. The molecule has 2 aliphatic heterocycles. The van der Waals surface area contributed by atoms with Crippen LogP contribution in [-0.4, -0.2) is 71.1 Å². The zero-order valence-corrected chi connectivity index (χ0v) is 20.1. The molecule has 2 aromatic rings. The fourth-order valence-electron chi connectivity index (χ4n) is 4.53. The topological polar surface area (TPSA) is 149 Å². The van der Waals surface area contributed by atoms with Crippen LogP contribution in [-0.2, 0) is 28.9 Å². The second-order valence-electron chi connectivity index (χ2n) is 8.82. The summed E-state index contributed by atoms with van der Waals surface area (Å²) in [5, 5.41) is 21.9. The number of amides is 3. The Kier molecular flexibility index (Phi) is 7.87. The Morgan fingerprint density at radius 1 is 1.36 bits per heavy atom. The van der Waals surface area contributed by atoms with E-state index in [4.69, 9.17) is 4.74 Å². The van der Waals surface area contributed by atoms with Gasteiger partial charge in [-0.3, -0.25) is 19.8 Å². The number of anilines is 2. The Balaban J connectivity index is 1.54. The summed E-state index contributed by atoms with van der Waals surface area (Å²) in [4.78, 5) is 48.8. The lowest BCUT2D eigenvalue weighted by molar-refractivity contribution is -0.134. The molecule has 11 heteroatoms. The molecule has 2 aliphatic rings. The number of hydrogen-bond donors (Lipinski definition) is 2. The van der Waals surface area contributed by atoms with E-state index in [0.29, 0.717) is 74.4 Å². The van der Waals surface area contributed by atoms with Crippen LogP contribution < -0.4 is 10.2 Å². The summed E-state index contributed by atoms with van der Waals surface area (Å²) in [7, 11) is 1.61. The van der Waals surface area contributed by atoms with E-state index in [9.17, 15) is 24.8 Å². The molecule has 36 heavy (non-hydrogen) atoms. The van der Waals surface area contributed by atoms with Gasteiger partial charge >= 0.3 is 6.03 Å². The molecule has 4 heterocycles. The number of nitrogens with one attached hydrogen (secondary N) is 1. The van der Waals surface area contributed by atoms with Gasteiger partial charge in [-0.25, -0.2) is 14.8 Å². The first-order valence-corrected chi connectivity index (χ1v) is 11.9. The molecule has 2 N–H and O–H groups in total. The van der Waals surface area contributed by atoms with Crippen molar-refractivity contribution < 1.29 is 24.2 Å². The molecule has 4 rings (SSSR count). The summed E-state index contributed by atoms with van der Waals surface area (Å²) in [6, 6.07) is 5.18. The van der Waals surface area contributed by atoms with E-state index in [0.717, 1.165) is 17.5 Å². The minimum atomic E-state index is -1.01. The molecule has 1 atom stereocenters. The number of nitriles is 1. The average molecular weight is 493 g/mol. The van der Waals surface area contributed by atoms with Crippen molar-refractivity contribution >= 4 is 29.9 Å². The number of rotatable bonds is 8. The SMILES string of the molecule is COCCCc1cc(NC(=O)N2CCCc3cc(CN4CC[C@@H](O)C4=O)c(C=O)nc32)ncc1C#N. The van der Waals surface area contributed by atoms with Gasteiger partial charge in [-0.05, 0) is 55.4 Å². The van der Waals surface area contributed by atoms with Gasteiger partial charge in [0.15, 0.2) is 6.29 Å². The number of fused-ring (bicyclic) bond motifs is 1. The van der Waals surface area contributed by atoms with Gasteiger partial charge in [-0.15, -0.1) is 0 Å². The number of nitrogens with zero attached hydrogens (tertiary/aromatic N) is 5. The molecule has 0 saturated carbocycles. The van der Waals surface area contributed by atoms with E-state index in [-0.39, 0.29) is 18.1 Å². The summed E-state index contributed by atoms with van der Waals surface area (Å²) >= 11 is 0. The van der Waals surface area contributed by atoms with Gasteiger partial charge in [0.1, 0.15) is 29.5 Å². The number of aromatic nitrogens is 2. The Bertz CT molecular complexity index is 1210. The van der Waals surface area contributed by atoms with Crippen molar-refractivity contribution in [2.75, 3.05) is 37.0 Å². The first-order chi connectivity index (χ1) is 17.4. The molecule has 3 amide bonds. The average Bonchev–Trinajstić information content (AvgIpc) is 3.20. The number of ether oxygens (including phenoxy) is 1. The number of aldehydes is 1. The highest BCUT2D eigenvalue weighted by molar-refractivity contribution is 6.01. The lowest BCUT2D eigenvalue weighted by Gasteiger charge is -2.29. The number of aryl methyl sites for hydroxylation is 2. The summed E-state index contributed by atoms with van der Waals surface area (Å²) in [5.41, 5.74) is 2.76. The Labute approximate surface area is 208 Å². The summed E-state index contributed by atoms with van der Waals surface area (Å²) in [6.45, 7) is 1.56. The highest BCUT2D eigenvalue weighted by atomic mass is 16.5. The third-order valence-electron chi connectivity index (χ3n) is 6.40. The van der Waals surface area contributed by atoms with Crippen LogP contribution in [0.2, 0.25) is 0 Å². The predicted octanol–water partition coefficient (Wildman–Crippen LogP) is 1.82. The van der Waals surface area contributed by atoms with Crippen molar-refractivity contribution in [2.45, 2.75) is 44.8 Å². The summed E-state index contributed by atoms with van der Waals surface area (Å²) in [5.74, 6) is 0.352. The molecule has 0 bridgehead atoms. The number of carbonyl (C=O) groups excluding carboxylic acids is 3. The zero-order valence-electron chi connectivity index (χ0n) is 20.1. The van der Waals surface area contributed by atoms with E-state index in [1.165, 1.54) is 16.0 Å². The molecule has 0 spiro atoms. The Morgan fingerprint density at radius 3 is 2.89 bits per heavy atom. The maximum atomic E-state index is 13.2. The lowest BCUT2D eigenvalue weighted by atomic mass is 10.0. The van der Waals surface area contributed by atoms with E-state index in [2.05, 4.69) is 21.4 Å². The van der Waals surface area contributed by atoms with Gasteiger partial charge < -0.3 is 14.7 Å². The van der Waals surface area contributed by atoms with Crippen LogP contribution in [0.5, 0.6) is 0 Å². The smallest absolute Gasteiger partial charge is 0.328 e. The van der Waals surface area contributed by atoms with E-state index in [1.807, 2.05) is 6.07 Å². The minimum Gasteiger partial charge on any atom is -0.385 e. The first kappa shape index (κ1) is 25.2. The van der Waals surface area contributed by atoms with Crippen LogP contribution in [0.25, 0.3) is 0 Å². The second-order valence-corrected chi connectivity index (χ2v) is 8.82. The lowest BCUT2D eigenvalue weighted by Crippen LogP contribution is -2.40. The number of hydrogen-bond acceptors (Lipinski definition) is 8. The monoisotopic (exact) mass is 492 g/mol. The van der Waals surface area contributed by atoms with Crippen molar-refractivity contribution in [3.8, 4) is 6.07 Å². The number of carbonyl (C=O) groups is 3. The zero-order chi connectivity index (χ0) is 25.7. The fraction of sp³-hybridized carbons (Fsp3) is 0.440. The maximum Gasteiger partial charge on any atom is 0.328 e. The molecule has 0 aromatic carbocycles. The van der Waals surface area contributed by atoms with Crippen molar-refractivity contribution in [1.82, 2.24) is 14.9 Å². The number of aliphatic hydroxyl groups excluding tert-OH is 1. The maximum absolute atomic E-state index is 13.2. The molecule has 1 saturated heterocycles. The molecule has 1 fully saturated rings. The Morgan fingerprint density at radius 2 is 2.19 bits per heavy atom. The van der Waals surface area contributed by atoms with Crippen molar-refractivity contribution in [1.29, 1.82) is 5.26 Å². The molecular formula is C25H28N6O5. The van der Waals surface area contributed by atoms with Crippen LogP contribution in [0, 0.1) is 11.3 Å². The van der Waals surface area contributed by atoms with Gasteiger partial charge in [-0.2, -0.15) is 5.26 Å². The molecule has 11 nitrogen and oxygen atoms in total. The van der Waals surface area contributed by atoms with Crippen molar-refractivity contribution in [2.24, 2.45) is 0 Å². The number of pyridine rings is 2. The van der Waals surface area contributed by atoms with Crippen LogP contribution >= 0.6 is 0 Å². The molecule has 0 aliphatic carbocycles. The largest absolute Gasteiger partial charge is 0.385 e. The van der Waals surface area contributed by atoms with Crippen LogP contribution in [0.3, 0.4) is 0 Å². The van der Waals surface area contributed by atoms with E-state index in [1.54, 1.807) is 13.2 Å². The van der Waals surface area contributed by atoms with Crippen molar-refractivity contribution in [3.05, 3.63) is 46.3 Å². The predicted molar refractivity (Wildman–Crippen MR) is 130 cm³/mol. The van der Waals surface area contributed by atoms with E-state index < -0.39 is 12.1 Å². The quantitative estimate of drug-likeness (QED) is 0.419. The number of aliphatic hydroxyl groups is 1. The minimum absolute atomic E-state index is 0.152. The normalized spacial score (nSPS) is 17.0. The first-order valence-electron chi connectivity index (χ1n) is 11.9.